The summed E-state index contributed by atoms with van der Waals surface area (Å²) in [6.45, 7) is 9.66. The fraction of sp³-hybridized carbons (Fsp3) is 0.953. The molecule has 0 saturated carbocycles. The normalized spacial score (nSPS) is 13.8. The summed E-state index contributed by atoms with van der Waals surface area (Å²) < 4.78 is 68.9. The second-order valence-corrected chi connectivity index (χ2v) is 34.4. The topological polar surface area (TPSA) is 237 Å². The Kier molecular flexibility index (Phi) is 75.0. The first-order chi connectivity index (χ1) is 50.4. The summed E-state index contributed by atoms with van der Waals surface area (Å²) >= 11 is 0. The number of hydrogen-bond acceptors (Lipinski definition) is 15. The van der Waals surface area contributed by atoms with Crippen molar-refractivity contribution < 1.29 is 80.2 Å². The summed E-state index contributed by atoms with van der Waals surface area (Å²) in [6.07, 6.45) is 68.0. The molecule has 2 unspecified atom stereocenters. The first-order valence-electron chi connectivity index (χ1n) is 44.0. The fourth-order valence-corrected chi connectivity index (χ4v) is 14.8. The molecule has 0 aromatic heterocycles. The lowest BCUT2D eigenvalue weighted by atomic mass is 10.0. The molecular weight excluding hydrogens is 1350 g/mol. The predicted molar refractivity (Wildman–Crippen MR) is 428 cm³/mol. The van der Waals surface area contributed by atoms with Crippen molar-refractivity contribution in [2.45, 2.75) is 471 Å². The smallest absolute Gasteiger partial charge is 0.462 e. The summed E-state index contributed by atoms with van der Waals surface area (Å²) in [7, 11) is -9.93. The van der Waals surface area contributed by atoms with E-state index in [0.717, 1.165) is 102 Å². The Labute approximate surface area is 638 Å². The monoisotopic (exact) mass is 1520 g/mol. The number of rotatable bonds is 84. The van der Waals surface area contributed by atoms with Crippen molar-refractivity contribution >= 4 is 39.5 Å². The molecule has 0 aliphatic heterocycles. The Morgan fingerprint density at radius 3 is 0.654 bits per heavy atom. The third-order valence-electron chi connectivity index (χ3n) is 20.0. The predicted octanol–water partition coefficient (Wildman–Crippen LogP) is 25.8. The molecule has 3 N–H and O–H groups in total. The largest absolute Gasteiger partial charge is 0.472 e. The zero-order valence-electron chi connectivity index (χ0n) is 68.3. The molecule has 618 valence electrons. The second kappa shape index (κ2) is 76.4. The van der Waals surface area contributed by atoms with Crippen LogP contribution in [0.4, 0.5) is 0 Å². The van der Waals surface area contributed by atoms with E-state index in [-0.39, 0.29) is 25.7 Å². The van der Waals surface area contributed by atoms with E-state index < -0.39 is 97.5 Å². The Morgan fingerprint density at radius 2 is 0.442 bits per heavy atom. The zero-order valence-corrected chi connectivity index (χ0v) is 70.1. The van der Waals surface area contributed by atoms with E-state index in [2.05, 4.69) is 41.5 Å². The van der Waals surface area contributed by atoms with Crippen LogP contribution in [0, 0.1) is 11.8 Å². The van der Waals surface area contributed by atoms with Crippen molar-refractivity contribution in [2.24, 2.45) is 11.8 Å². The number of esters is 4. The maximum Gasteiger partial charge on any atom is 0.472 e. The van der Waals surface area contributed by atoms with Crippen LogP contribution >= 0.6 is 15.6 Å². The summed E-state index contributed by atoms with van der Waals surface area (Å²) in [6, 6.07) is 0. The van der Waals surface area contributed by atoms with Gasteiger partial charge >= 0.3 is 39.5 Å². The van der Waals surface area contributed by atoms with Gasteiger partial charge in [-0.3, -0.25) is 37.3 Å². The van der Waals surface area contributed by atoms with Crippen molar-refractivity contribution in [1.82, 2.24) is 0 Å². The van der Waals surface area contributed by atoms with Gasteiger partial charge in [0.15, 0.2) is 12.2 Å². The van der Waals surface area contributed by atoms with Gasteiger partial charge in [0.05, 0.1) is 26.4 Å². The van der Waals surface area contributed by atoms with Crippen LogP contribution in [0.2, 0.25) is 0 Å². The van der Waals surface area contributed by atoms with E-state index in [4.69, 9.17) is 37.0 Å². The van der Waals surface area contributed by atoms with E-state index >= 15 is 0 Å². The molecule has 0 aliphatic rings. The quantitative estimate of drug-likeness (QED) is 0.0222. The Morgan fingerprint density at radius 1 is 0.260 bits per heavy atom. The lowest BCUT2D eigenvalue weighted by molar-refractivity contribution is -0.161. The zero-order chi connectivity index (χ0) is 76.4. The number of carbonyl (C=O) groups is 4. The number of unbranched alkanes of at least 4 members (excludes halogenated alkanes) is 54. The van der Waals surface area contributed by atoms with E-state index in [1.165, 1.54) is 270 Å². The molecule has 0 fully saturated rings. The van der Waals surface area contributed by atoms with Crippen molar-refractivity contribution in [3.63, 3.8) is 0 Å². The van der Waals surface area contributed by atoms with Gasteiger partial charge in [-0.2, -0.15) is 0 Å². The van der Waals surface area contributed by atoms with Gasteiger partial charge in [0.1, 0.15) is 19.3 Å². The molecular formula is C85H166O17P2. The van der Waals surface area contributed by atoms with Crippen LogP contribution in [0.3, 0.4) is 0 Å². The van der Waals surface area contributed by atoms with Gasteiger partial charge in [-0.25, -0.2) is 9.13 Å². The van der Waals surface area contributed by atoms with Crippen LogP contribution in [0.25, 0.3) is 0 Å². The van der Waals surface area contributed by atoms with Crippen molar-refractivity contribution in [2.75, 3.05) is 39.6 Å². The van der Waals surface area contributed by atoms with Gasteiger partial charge in [-0.1, -0.05) is 401 Å². The number of hydrogen-bond donors (Lipinski definition) is 3. The molecule has 0 radical (unpaired) electrons. The van der Waals surface area contributed by atoms with Gasteiger partial charge < -0.3 is 33.8 Å². The van der Waals surface area contributed by atoms with Crippen LogP contribution < -0.4 is 0 Å². The average molecular weight is 1520 g/mol. The molecule has 0 rings (SSSR count). The molecule has 0 aliphatic carbocycles. The van der Waals surface area contributed by atoms with Gasteiger partial charge in [-0.05, 0) is 37.5 Å². The molecule has 0 amide bonds. The third-order valence-corrected chi connectivity index (χ3v) is 21.9. The van der Waals surface area contributed by atoms with E-state index in [1.54, 1.807) is 0 Å². The molecule has 104 heavy (non-hydrogen) atoms. The molecule has 0 aromatic carbocycles. The summed E-state index contributed by atoms with van der Waals surface area (Å²) in [5.41, 5.74) is 0. The highest BCUT2D eigenvalue weighted by molar-refractivity contribution is 7.47. The average Bonchev–Trinajstić information content (AvgIpc) is 0.905. The lowest BCUT2D eigenvalue weighted by Crippen LogP contribution is -2.30. The second-order valence-electron chi connectivity index (χ2n) is 31.5. The van der Waals surface area contributed by atoms with Crippen LogP contribution in [-0.4, -0.2) is 96.7 Å². The molecule has 17 nitrogen and oxygen atoms in total. The van der Waals surface area contributed by atoms with E-state index in [0.29, 0.717) is 25.7 Å². The lowest BCUT2D eigenvalue weighted by Gasteiger charge is -2.21. The first kappa shape index (κ1) is 102. The molecule has 0 aromatic rings. The molecule has 0 spiro atoms. The SMILES string of the molecule is CCCCCCCCCCCCCCCCCCCCCCCC(=O)O[C@H](COC(=O)CCCCCCCCCCCCCCCCCC)COP(=O)(O)OC[C@@H](O)COP(=O)(O)OC[C@@H](COC(=O)CCCCCCCCCCCC(C)C)OC(=O)CCCCCCCCCCCCCCC(C)C. The number of phosphoric acid groups is 2. The number of aliphatic hydroxyl groups is 1. The number of aliphatic hydroxyl groups excluding tert-OH is 1. The van der Waals surface area contributed by atoms with Crippen LogP contribution in [0.5, 0.6) is 0 Å². The van der Waals surface area contributed by atoms with Crippen molar-refractivity contribution in [1.29, 1.82) is 0 Å². The summed E-state index contributed by atoms with van der Waals surface area (Å²) in [5.74, 6) is -0.583. The highest BCUT2D eigenvalue weighted by atomic mass is 31.2. The van der Waals surface area contributed by atoms with Gasteiger partial charge in [0, 0.05) is 25.7 Å². The van der Waals surface area contributed by atoms with Crippen molar-refractivity contribution in [3.05, 3.63) is 0 Å². The maximum absolute atomic E-state index is 13.1. The van der Waals surface area contributed by atoms with Crippen molar-refractivity contribution in [3.8, 4) is 0 Å². The summed E-state index contributed by atoms with van der Waals surface area (Å²) in [5, 5.41) is 10.7. The Balaban J connectivity index is 5.25. The molecule has 5 atom stereocenters. The van der Waals surface area contributed by atoms with Crippen LogP contribution in [0.15, 0.2) is 0 Å². The Hall–Kier alpha value is -1.94. The van der Waals surface area contributed by atoms with Crippen LogP contribution in [0.1, 0.15) is 452 Å². The third kappa shape index (κ3) is 78.2. The number of carbonyl (C=O) groups excluding carboxylic acids is 4. The highest BCUT2D eigenvalue weighted by Crippen LogP contribution is 2.45. The highest BCUT2D eigenvalue weighted by Gasteiger charge is 2.30. The van der Waals surface area contributed by atoms with Crippen LogP contribution in [-0.2, 0) is 65.4 Å². The maximum atomic E-state index is 13.1. The fourth-order valence-electron chi connectivity index (χ4n) is 13.2. The minimum Gasteiger partial charge on any atom is -0.462 e. The van der Waals surface area contributed by atoms with Gasteiger partial charge in [0.25, 0.3) is 0 Å². The standard InChI is InChI=1S/C85H166O17P2/c1-7-9-11-13-15-17-19-21-23-25-26-27-28-29-31-33-38-44-51-57-63-69-84(89)101-80(73-95-82(87)67-61-55-49-43-37-32-30-24-22-20-18-16-14-12-10-8-2)75-99-103(91,92)97-71-79(86)72-98-104(93,94)100-76-81(74-96-83(88)68-62-56-50-46-40-42-48-54-60-66-78(5)6)102-85(90)70-64-58-52-45-39-35-34-36-41-47-53-59-65-77(3)4/h77-81,86H,7-76H2,1-6H3,(H,91,92)(H,93,94)/t79-,80-,81-/m1/s1. The Bertz CT molecular complexity index is 1990. The number of ether oxygens (including phenoxy) is 4. The van der Waals surface area contributed by atoms with Gasteiger partial charge in [-0.15, -0.1) is 0 Å². The minimum absolute atomic E-state index is 0.107. The summed E-state index contributed by atoms with van der Waals surface area (Å²) in [4.78, 5) is 73.2. The van der Waals surface area contributed by atoms with E-state index in [1.807, 2.05) is 0 Å². The molecule has 0 bridgehead atoms. The van der Waals surface area contributed by atoms with Gasteiger partial charge in [0.2, 0.25) is 0 Å². The molecule has 19 heteroatoms. The number of phosphoric ester groups is 2. The molecule has 0 heterocycles. The minimum atomic E-state index is -4.96. The van der Waals surface area contributed by atoms with E-state index in [9.17, 15) is 43.2 Å². The molecule has 0 saturated heterocycles. The first-order valence-corrected chi connectivity index (χ1v) is 47.0.